The van der Waals surface area contributed by atoms with Crippen LogP contribution in [0.1, 0.15) is 13.3 Å². The van der Waals surface area contributed by atoms with E-state index in [0.717, 1.165) is 0 Å². The van der Waals surface area contributed by atoms with Crippen LogP contribution in [0.2, 0.25) is 0 Å². The quantitative estimate of drug-likeness (QED) is 0.702. The lowest BCUT2D eigenvalue weighted by molar-refractivity contribution is -0.206. The van der Waals surface area contributed by atoms with Gasteiger partial charge in [0.05, 0.1) is 12.7 Å². The SMILES string of the molecule is COC(=O)C1=C2CC(=O)C(C)=C2[C@H](OC)O[C@@H]1OC. The summed E-state index contributed by atoms with van der Waals surface area (Å²) in [6.07, 6.45) is -1.45. The van der Waals surface area contributed by atoms with Gasteiger partial charge in [0.2, 0.25) is 0 Å². The van der Waals surface area contributed by atoms with Crippen molar-refractivity contribution in [3.05, 3.63) is 22.3 Å². The zero-order valence-electron chi connectivity index (χ0n) is 11.3. The Bertz CT molecular complexity index is 487. The van der Waals surface area contributed by atoms with E-state index in [0.29, 0.717) is 16.7 Å². The average molecular weight is 268 g/mol. The van der Waals surface area contributed by atoms with E-state index in [1.807, 2.05) is 0 Å². The molecule has 0 aromatic carbocycles. The molecule has 1 heterocycles. The number of carbonyl (C=O) groups excluding carboxylic acids is 2. The van der Waals surface area contributed by atoms with E-state index in [9.17, 15) is 9.59 Å². The van der Waals surface area contributed by atoms with Crippen molar-refractivity contribution in [1.29, 1.82) is 0 Å². The molecule has 2 aliphatic rings. The van der Waals surface area contributed by atoms with Gasteiger partial charge >= 0.3 is 5.97 Å². The van der Waals surface area contributed by atoms with Gasteiger partial charge in [-0.2, -0.15) is 0 Å². The van der Waals surface area contributed by atoms with Crippen molar-refractivity contribution in [2.75, 3.05) is 21.3 Å². The van der Waals surface area contributed by atoms with E-state index in [4.69, 9.17) is 18.9 Å². The number of hydrogen-bond donors (Lipinski definition) is 0. The van der Waals surface area contributed by atoms with E-state index in [1.165, 1.54) is 21.3 Å². The average Bonchev–Trinajstić information content (AvgIpc) is 2.72. The molecule has 2 atom stereocenters. The number of hydrogen-bond acceptors (Lipinski definition) is 6. The third-order valence-electron chi connectivity index (χ3n) is 3.36. The van der Waals surface area contributed by atoms with Gasteiger partial charge in [-0.1, -0.05) is 0 Å². The summed E-state index contributed by atoms with van der Waals surface area (Å²) < 4.78 is 20.6. The maximum absolute atomic E-state index is 11.9. The molecule has 0 aromatic rings. The van der Waals surface area contributed by atoms with Crippen molar-refractivity contribution >= 4 is 11.8 Å². The van der Waals surface area contributed by atoms with Crippen LogP contribution in [0.3, 0.4) is 0 Å². The molecule has 2 rings (SSSR count). The highest BCUT2D eigenvalue weighted by molar-refractivity contribution is 6.05. The van der Waals surface area contributed by atoms with Gasteiger partial charge < -0.3 is 18.9 Å². The number of esters is 1. The summed E-state index contributed by atoms with van der Waals surface area (Å²) in [5.41, 5.74) is 2.00. The molecule has 0 fully saturated rings. The Kier molecular flexibility index (Phi) is 3.84. The summed E-state index contributed by atoms with van der Waals surface area (Å²) in [6.45, 7) is 1.70. The van der Waals surface area contributed by atoms with Crippen LogP contribution in [0.4, 0.5) is 0 Å². The number of fused-ring (bicyclic) bond motifs is 1. The van der Waals surface area contributed by atoms with Gasteiger partial charge in [0, 0.05) is 31.8 Å². The van der Waals surface area contributed by atoms with Crippen LogP contribution in [-0.4, -0.2) is 45.7 Å². The van der Waals surface area contributed by atoms with Crippen molar-refractivity contribution in [1.82, 2.24) is 0 Å². The molecule has 0 unspecified atom stereocenters. The summed E-state index contributed by atoms with van der Waals surface area (Å²) in [7, 11) is 4.17. The predicted molar refractivity (Wildman–Crippen MR) is 64.0 cm³/mol. The molecule has 0 spiro atoms. The lowest BCUT2D eigenvalue weighted by Gasteiger charge is -2.31. The molecular formula is C13H16O6. The fourth-order valence-electron chi connectivity index (χ4n) is 2.39. The standard InChI is InChI=1S/C13H16O6/c1-6-8(14)5-7-9(6)12(17-3)19-13(18-4)10(7)11(15)16-2/h12-13H,5H2,1-4H3/t12-,13+/m1/s1. The summed E-state index contributed by atoms with van der Waals surface area (Å²) in [6, 6.07) is 0. The number of carbonyl (C=O) groups is 2. The van der Waals surface area contributed by atoms with Gasteiger partial charge in [0.15, 0.2) is 18.4 Å². The number of Topliss-reactive ketones (excluding diaryl/α,β-unsaturated/α-hetero) is 1. The topological polar surface area (TPSA) is 71.1 Å². The first-order valence-electron chi connectivity index (χ1n) is 5.81. The summed E-state index contributed by atoms with van der Waals surface area (Å²) in [5.74, 6) is -0.606. The minimum Gasteiger partial charge on any atom is -0.466 e. The van der Waals surface area contributed by atoms with Crippen LogP contribution in [-0.2, 0) is 28.5 Å². The van der Waals surface area contributed by atoms with Crippen LogP contribution in [0.25, 0.3) is 0 Å². The predicted octanol–water partition coefficient (Wildman–Crippen LogP) is 0.720. The minimum absolute atomic E-state index is 0.0474. The van der Waals surface area contributed by atoms with E-state index in [2.05, 4.69) is 0 Å². The van der Waals surface area contributed by atoms with Crippen molar-refractivity contribution in [3.8, 4) is 0 Å². The molecule has 0 aromatic heterocycles. The molecular weight excluding hydrogens is 252 g/mol. The zero-order chi connectivity index (χ0) is 14.2. The fraction of sp³-hybridized carbons (Fsp3) is 0.538. The highest BCUT2D eigenvalue weighted by Crippen LogP contribution is 2.40. The second kappa shape index (κ2) is 5.24. The molecule has 0 radical (unpaired) electrons. The van der Waals surface area contributed by atoms with Crippen LogP contribution in [0.15, 0.2) is 22.3 Å². The third-order valence-corrected chi connectivity index (χ3v) is 3.36. The number of allylic oxidation sites excluding steroid dienone is 1. The monoisotopic (exact) mass is 268 g/mol. The first-order chi connectivity index (χ1) is 9.04. The molecule has 0 bridgehead atoms. The maximum Gasteiger partial charge on any atom is 0.339 e. The minimum atomic E-state index is -0.894. The second-order valence-electron chi connectivity index (χ2n) is 4.29. The number of methoxy groups -OCH3 is 3. The molecule has 19 heavy (non-hydrogen) atoms. The Morgan fingerprint density at radius 1 is 1.21 bits per heavy atom. The normalized spacial score (nSPS) is 26.8. The molecule has 104 valence electrons. The molecule has 0 saturated heterocycles. The van der Waals surface area contributed by atoms with Crippen LogP contribution < -0.4 is 0 Å². The van der Waals surface area contributed by atoms with Gasteiger partial charge in [0.1, 0.15) is 0 Å². The smallest absolute Gasteiger partial charge is 0.339 e. The Balaban J connectivity index is 2.60. The number of rotatable bonds is 3. The molecule has 6 nitrogen and oxygen atoms in total. The maximum atomic E-state index is 11.9. The summed E-state index contributed by atoms with van der Waals surface area (Å²) in [5, 5.41) is 0. The highest BCUT2D eigenvalue weighted by Gasteiger charge is 2.43. The van der Waals surface area contributed by atoms with Crippen LogP contribution in [0, 0.1) is 0 Å². The highest BCUT2D eigenvalue weighted by atomic mass is 16.8. The number of ketones is 1. The summed E-state index contributed by atoms with van der Waals surface area (Å²) in [4.78, 5) is 23.7. The van der Waals surface area contributed by atoms with Gasteiger partial charge in [0.25, 0.3) is 0 Å². The fourth-order valence-corrected chi connectivity index (χ4v) is 2.39. The third kappa shape index (κ3) is 2.11. The second-order valence-corrected chi connectivity index (χ2v) is 4.29. The molecule has 0 amide bonds. The van der Waals surface area contributed by atoms with E-state index in [1.54, 1.807) is 6.92 Å². The Labute approximate surface area is 111 Å². The van der Waals surface area contributed by atoms with Crippen molar-refractivity contribution < 1.29 is 28.5 Å². The van der Waals surface area contributed by atoms with Gasteiger partial charge in [-0.25, -0.2) is 4.79 Å². The molecule has 0 N–H and O–H groups in total. The van der Waals surface area contributed by atoms with Crippen molar-refractivity contribution in [3.63, 3.8) is 0 Å². The van der Waals surface area contributed by atoms with E-state index < -0.39 is 18.5 Å². The van der Waals surface area contributed by atoms with Crippen LogP contribution >= 0.6 is 0 Å². The Morgan fingerprint density at radius 2 is 1.84 bits per heavy atom. The van der Waals surface area contributed by atoms with Crippen molar-refractivity contribution in [2.24, 2.45) is 0 Å². The summed E-state index contributed by atoms with van der Waals surface area (Å²) >= 11 is 0. The molecule has 1 aliphatic heterocycles. The first-order valence-corrected chi connectivity index (χ1v) is 5.81. The zero-order valence-corrected chi connectivity index (χ0v) is 11.3. The molecule has 1 aliphatic carbocycles. The number of ether oxygens (including phenoxy) is 4. The van der Waals surface area contributed by atoms with E-state index in [-0.39, 0.29) is 17.8 Å². The lowest BCUT2D eigenvalue weighted by atomic mass is 9.97. The first kappa shape index (κ1) is 13.9. The van der Waals surface area contributed by atoms with Crippen LogP contribution in [0.5, 0.6) is 0 Å². The van der Waals surface area contributed by atoms with Crippen molar-refractivity contribution in [2.45, 2.75) is 25.9 Å². The Morgan fingerprint density at radius 3 is 2.37 bits per heavy atom. The van der Waals surface area contributed by atoms with Gasteiger partial charge in [-0.05, 0) is 12.5 Å². The van der Waals surface area contributed by atoms with E-state index >= 15 is 0 Å². The molecule has 0 saturated carbocycles. The molecule has 6 heteroatoms. The van der Waals surface area contributed by atoms with Gasteiger partial charge in [-0.3, -0.25) is 4.79 Å². The van der Waals surface area contributed by atoms with Gasteiger partial charge in [-0.15, -0.1) is 0 Å². The Hall–Kier alpha value is -1.50. The lowest BCUT2D eigenvalue weighted by Crippen LogP contribution is -2.37. The largest absolute Gasteiger partial charge is 0.466 e.